The second-order valence-corrected chi connectivity index (χ2v) is 5.57. The highest BCUT2D eigenvalue weighted by atomic mass is 19.4. The molecule has 1 unspecified atom stereocenters. The van der Waals surface area contributed by atoms with Crippen molar-refractivity contribution < 1.29 is 37.6 Å². The number of aromatic nitrogens is 2. The SMILES string of the molecule is O=c1nc2[nH]c(C(F)(F)F)c(F)cc-2cc1[C@@H]1O[C@H](CO)C(O)[C@@H]1O. The van der Waals surface area contributed by atoms with Crippen molar-refractivity contribution in [3.63, 3.8) is 0 Å². The lowest BCUT2D eigenvalue weighted by atomic mass is 10.0. The quantitative estimate of drug-likeness (QED) is 0.566. The van der Waals surface area contributed by atoms with Crippen molar-refractivity contribution >= 4 is 0 Å². The van der Waals surface area contributed by atoms with Crippen LogP contribution < -0.4 is 5.56 Å². The van der Waals surface area contributed by atoms with Gasteiger partial charge in [-0.05, 0) is 12.1 Å². The molecule has 3 heterocycles. The number of hydrogen-bond acceptors (Lipinski definition) is 6. The third-order valence-electron chi connectivity index (χ3n) is 3.94. The molecule has 0 aromatic heterocycles. The highest BCUT2D eigenvalue weighted by Gasteiger charge is 2.44. The minimum atomic E-state index is -5.00. The Kier molecular flexibility index (Phi) is 4.27. The molecule has 0 bridgehead atoms. The predicted molar refractivity (Wildman–Crippen MR) is 73.2 cm³/mol. The average molecular weight is 364 g/mol. The molecule has 0 aliphatic carbocycles. The Morgan fingerprint density at radius 1 is 1.24 bits per heavy atom. The Morgan fingerprint density at radius 2 is 1.92 bits per heavy atom. The summed E-state index contributed by atoms with van der Waals surface area (Å²) in [5.41, 5.74) is -3.12. The normalized spacial score (nSPS) is 27.2. The van der Waals surface area contributed by atoms with E-state index in [-0.39, 0.29) is 11.1 Å². The van der Waals surface area contributed by atoms with E-state index in [1.54, 1.807) is 4.98 Å². The van der Waals surface area contributed by atoms with Gasteiger partial charge in [-0.1, -0.05) is 0 Å². The number of nitrogens with one attached hydrogen (secondary N) is 1. The summed E-state index contributed by atoms with van der Waals surface area (Å²) in [6.07, 6.45) is -10.5. The number of pyridine rings is 2. The summed E-state index contributed by atoms with van der Waals surface area (Å²) >= 11 is 0. The summed E-state index contributed by atoms with van der Waals surface area (Å²) in [6, 6.07) is 1.57. The number of aliphatic hydroxyl groups excluding tert-OH is 3. The van der Waals surface area contributed by atoms with Gasteiger partial charge in [-0.25, -0.2) is 4.39 Å². The van der Waals surface area contributed by atoms with Crippen LogP contribution in [-0.2, 0) is 10.9 Å². The first-order valence-electron chi connectivity index (χ1n) is 7.06. The fourth-order valence-electron chi connectivity index (χ4n) is 2.69. The van der Waals surface area contributed by atoms with Gasteiger partial charge in [0.1, 0.15) is 30.2 Å². The van der Waals surface area contributed by atoms with Crippen molar-refractivity contribution in [3.05, 3.63) is 39.6 Å². The molecular formula is C14H12F4N2O5. The molecule has 0 radical (unpaired) electrons. The first-order valence-corrected chi connectivity index (χ1v) is 7.06. The topological polar surface area (TPSA) is 116 Å². The minimum Gasteiger partial charge on any atom is -0.394 e. The maximum Gasteiger partial charge on any atom is 0.434 e. The van der Waals surface area contributed by atoms with Gasteiger partial charge in [0.2, 0.25) is 0 Å². The molecule has 3 rings (SSSR count). The summed E-state index contributed by atoms with van der Waals surface area (Å²) in [6.45, 7) is -0.624. The lowest BCUT2D eigenvalue weighted by Gasteiger charge is -2.17. The zero-order valence-electron chi connectivity index (χ0n) is 12.3. The van der Waals surface area contributed by atoms with Gasteiger partial charge in [0.15, 0.2) is 11.5 Å². The molecule has 0 saturated carbocycles. The Balaban J connectivity index is 2.10. The van der Waals surface area contributed by atoms with Gasteiger partial charge in [-0.3, -0.25) is 4.79 Å². The fourth-order valence-corrected chi connectivity index (χ4v) is 2.69. The number of aliphatic hydroxyl groups is 3. The van der Waals surface area contributed by atoms with Crippen LogP contribution in [0.1, 0.15) is 17.4 Å². The standard InChI is InChI=1S/C14H12F4N2O5/c15-6-2-4-1-5(10-9(23)8(22)7(3-21)25-10)13(24)20-12(4)19-11(6)14(16,17)18/h1-2,7-10,21-23H,3H2,(H,19,20,24)/t7-,8?,9+,10+/m1/s1. The first kappa shape index (κ1) is 17.7. The summed E-state index contributed by atoms with van der Waals surface area (Å²) < 4.78 is 56.9. The highest BCUT2D eigenvalue weighted by molar-refractivity contribution is 5.58. The molecule has 3 aliphatic heterocycles. The van der Waals surface area contributed by atoms with Crippen molar-refractivity contribution in [2.75, 3.05) is 6.61 Å². The Labute approximate surface area is 136 Å². The van der Waals surface area contributed by atoms with E-state index in [0.717, 1.165) is 6.07 Å². The average Bonchev–Trinajstić information content (AvgIpc) is 2.81. The number of H-pyrrole nitrogens is 1. The molecule has 0 spiro atoms. The largest absolute Gasteiger partial charge is 0.434 e. The molecule has 1 fully saturated rings. The fraction of sp³-hybridized carbons (Fsp3) is 0.429. The van der Waals surface area contributed by atoms with Crippen LogP contribution in [0.5, 0.6) is 0 Å². The zero-order valence-corrected chi connectivity index (χ0v) is 12.3. The lowest BCUT2D eigenvalue weighted by molar-refractivity contribution is -0.143. The van der Waals surface area contributed by atoms with Gasteiger partial charge in [0.05, 0.1) is 12.2 Å². The molecule has 4 N–H and O–H groups in total. The Bertz CT molecular complexity index is 824. The van der Waals surface area contributed by atoms with E-state index in [1.165, 1.54) is 0 Å². The molecular weight excluding hydrogens is 352 g/mol. The first-order chi connectivity index (χ1) is 11.6. The Hall–Kier alpha value is -2.08. The second-order valence-electron chi connectivity index (χ2n) is 5.57. The van der Waals surface area contributed by atoms with E-state index in [1.807, 2.05) is 0 Å². The number of fused-ring (bicyclic) bond motifs is 1. The molecule has 0 amide bonds. The number of ether oxygens (including phenoxy) is 1. The van der Waals surface area contributed by atoms with E-state index in [9.17, 15) is 32.6 Å². The predicted octanol–water partition coefficient (Wildman–Crippen LogP) is 0.187. The summed E-state index contributed by atoms with van der Waals surface area (Å²) in [5, 5.41) is 28.7. The molecule has 25 heavy (non-hydrogen) atoms. The van der Waals surface area contributed by atoms with Gasteiger partial charge < -0.3 is 25.0 Å². The minimum absolute atomic E-state index is 0.155. The van der Waals surface area contributed by atoms with Gasteiger partial charge in [-0.15, -0.1) is 0 Å². The Morgan fingerprint density at radius 3 is 2.48 bits per heavy atom. The van der Waals surface area contributed by atoms with Crippen LogP contribution in [0.4, 0.5) is 17.6 Å². The van der Waals surface area contributed by atoms with E-state index < -0.39 is 60.1 Å². The summed E-state index contributed by atoms with van der Waals surface area (Å²) in [4.78, 5) is 17.2. The maximum atomic E-state index is 13.7. The molecule has 0 aromatic rings. The van der Waals surface area contributed by atoms with Gasteiger partial charge in [-0.2, -0.15) is 18.2 Å². The molecule has 4 atom stereocenters. The number of nitrogens with zero attached hydrogens (tertiary/aromatic N) is 1. The summed E-state index contributed by atoms with van der Waals surface area (Å²) in [7, 11) is 0. The van der Waals surface area contributed by atoms with Crippen LogP contribution in [-0.4, -0.2) is 50.2 Å². The summed E-state index contributed by atoms with van der Waals surface area (Å²) in [5.74, 6) is -2.08. The second kappa shape index (κ2) is 6.02. The van der Waals surface area contributed by atoms with Crippen LogP contribution in [0.3, 0.4) is 0 Å². The molecule has 11 heteroatoms. The third-order valence-corrected chi connectivity index (χ3v) is 3.94. The van der Waals surface area contributed by atoms with Crippen LogP contribution >= 0.6 is 0 Å². The maximum absolute atomic E-state index is 13.7. The molecule has 0 aromatic carbocycles. The van der Waals surface area contributed by atoms with E-state index in [4.69, 9.17) is 9.84 Å². The van der Waals surface area contributed by atoms with Crippen molar-refractivity contribution in [1.29, 1.82) is 0 Å². The number of aromatic amines is 1. The van der Waals surface area contributed by atoms with Crippen LogP contribution in [0.15, 0.2) is 16.9 Å². The van der Waals surface area contributed by atoms with Crippen molar-refractivity contribution in [2.45, 2.75) is 30.6 Å². The highest BCUT2D eigenvalue weighted by Crippen LogP contribution is 2.35. The number of hydrogen-bond donors (Lipinski definition) is 4. The molecule has 136 valence electrons. The van der Waals surface area contributed by atoms with Crippen molar-refractivity contribution in [1.82, 2.24) is 9.97 Å². The van der Waals surface area contributed by atoms with Gasteiger partial charge >= 0.3 is 6.18 Å². The molecule has 1 saturated heterocycles. The van der Waals surface area contributed by atoms with Crippen LogP contribution in [0.25, 0.3) is 11.4 Å². The third kappa shape index (κ3) is 2.99. The lowest BCUT2D eigenvalue weighted by Crippen LogP contribution is -2.33. The number of rotatable bonds is 2. The van der Waals surface area contributed by atoms with Crippen molar-refractivity contribution in [3.8, 4) is 11.4 Å². The van der Waals surface area contributed by atoms with Gasteiger partial charge in [0, 0.05) is 5.56 Å². The van der Waals surface area contributed by atoms with Crippen LogP contribution in [0, 0.1) is 5.82 Å². The smallest absolute Gasteiger partial charge is 0.394 e. The number of halogens is 4. The molecule has 7 nitrogen and oxygen atoms in total. The molecule has 3 aliphatic rings. The van der Waals surface area contributed by atoms with Gasteiger partial charge in [0.25, 0.3) is 5.56 Å². The van der Waals surface area contributed by atoms with E-state index in [0.29, 0.717) is 6.07 Å². The van der Waals surface area contributed by atoms with E-state index >= 15 is 0 Å². The zero-order chi connectivity index (χ0) is 18.5. The monoisotopic (exact) mass is 364 g/mol. The van der Waals surface area contributed by atoms with E-state index in [2.05, 4.69) is 4.98 Å². The van der Waals surface area contributed by atoms with Crippen molar-refractivity contribution in [2.24, 2.45) is 0 Å². The van der Waals surface area contributed by atoms with Crippen LogP contribution in [0.2, 0.25) is 0 Å². The number of alkyl halides is 3.